The SMILES string of the molecule is Cc1ccccc1-c1c(C#Cc2ccccc2)cccc1-c1cccc2c1-c1ccccc1CCC2Cc1ccc(-c2ccccc2)cc1. The topological polar surface area (TPSA) is 0 Å². The van der Waals surface area contributed by atoms with Gasteiger partial charge in [0.1, 0.15) is 0 Å². The molecule has 7 aromatic carbocycles. The fraction of sp³-hybridized carbons (Fsp3) is 0.102. The van der Waals surface area contributed by atoms with E-state index in [-0.39, 0.29) is 0 Å². The van der Waals surface area contributed by atoms with Crippen molar-refractivity contribution in [3.63, 3.8) is 0 Å². The van der Waals surface area contributed by atoms with Crippen LogP contribution in [0.4, 0.5) is 0 Å². The molecule has 0 aromatic heterocycles. The highest BCUT2D eigenvalue weighted by atomic mass is 14.3. The average Bonchev–Trinajstić information content (AvgIpc) is 3.32. The van der Waals surface area contributed by atoms with Gasteiger partial charge in [0, 0.05) is 16.7 Å². The molecule has 7 aromatic rings. The summed E-state index contributed by atoms with van der Waals surface area (Å²) in [7, 11) is 0. The molecule has 0 saturated heterocycles. The fourth-order valence-electron chi connectivity index (χ4n) is 7.55. The highest BCUT2D eigenvalue weighted by Crippen LogP contribution is 2.47. The van der Waals surface area contributed by atoms with E-state index < -0.39 is 0 Å². The van der Waals surface area contributed by atoms with Crippen molar-refractivity contribution in [2.45, 2.75) is 32.1 Å². The minimum absolute atomic E-state index is 0.396. The van der Waals surface area contributed by atoms with Gasteiger partial charge in [0.15, 0.2) is 0 Å². The summed E-state index contributed by atoms with van der Waals surface area (Å²) in [6.45, 7) is 2.21. The van der Waals surface area contributed by atoms with Crippen LogP contribution in [-0.4, -0.2) is 0 Å². The maximum Gasteiger partial charge on any atom is 0.0333 e. The largest absolute Gasteiger partial charge is 0.0622 e. The van der Waals surface area contributed by atoms with E-state index in [0.29, 0.717) is 5.92 Å². The average molecular weight is 627 g/mol. The van der Waals surface area contributed by atoms with Crippen molar-refractivity contribution in [1.29, 1.82) is 0 Å². The maximum atomic E-state index is 3.58. The van der Waals surface area contributed by atoms with Gasteiger partial charge < -0.3 is 0 Å². The van der Waals surface area contributed by atoms with Crippen LogP contribution in [0, 0.1) is 18.8 Å². The van der Waals surface area contributed by atoms with Crippen LogP contribution in [-0.2, 0) is 12.8 Å². The molecule has 0 amide bonds. The minimum Gasteiger partial charge on any atom is -0.0622 e. The first-order valence-corrected chi connectivity index (χ1v) is 17.3. The molecule has 49 heavy (non-hydrogen) atoms. The Bertz CT molecular complexity index is 2300. The number of hydrogen-bond donors (Lipinski definition) is 0. The second-order valence-corrected chi connectivity index (χ2v) is 13.1. The van der Waals surface area contributed by atoms with Crippen molar-refractivity contribution in [2.75, 3.05) is 0 Å². The van der Waals surface area contributed by atoms with Crippen LogP contribution in [0.1, 0.15) is 45.7 Å². The first-order chi connectivity index (χ1) is 24.2. The summed E-state index contributed by atoms with van der Waals surface area (Å²) in [4.78, 5) is 0. The van der Waals surface area contributed by atoms with E-state index in [1.165, 1.54) is 66.8 Å². The van der Waals surface area contributed by atoms with Crippen molar-refractivity contribution in [2.24, 2.45) is 0 Å². The molecule has 1 unspecified atom stereocenters. The Kier molecular flexibility index (Phi) is 8.50. The molecular formula is C49H38. The predicted molar refractivity (Wildman–Crippen MR) is 207 cm³/mol. The van der Waals surface area contributed by atoms with Crippen molar-refractivity contribution in [3.05, 3.63) is 203 Å². The smallest absolute Gasteiger partial charge is 0.0333 e. The van der Waals surface area contributed by atoms with Gasteiger partial charge in [0.05, 0.1) is 0 Å². The van der Waals surface area contributed by atoms with Gasteiger partial charge in [-0.05, 0) is 112 Å². The van der Waals surface area contributed by atoms with Crippen molar-refractivity contribution in [1.82, 2.24) is 0 Å². The lowest BCUT2D eigenvalue weighted by atomic mass is 9.80. The van der Waals surface area contributed by atoms with E-state index in [1.807, 2.05) is 18.2 Å². The maximum absolute atomic E-state index is 3.58. The van der Waals surface area contributed by atoms with Gasteiger partial charge in [-0.2, -0.15) is 0 Å². The van der Waals surface area contributed by atoms with Gasteiger partial charge in [-0.25, -0.2) is 0 Å². The molecule has 0 fully saturated rings. The van der Waals surface area contributed by atoms with Crippen molar-refractivity contribution < 1.29 is 0 Å². The summed E-state index contributed by atoms with van der Waals surface area (Å²) in [5, 5.41) is 0. The van der Waals surface area contributed by atoms with E-state index >= 15 is 0 Å². The third-order valence-electron chi connectivity index (χ3n) is 10.0. The molecule has 0 bridgehead atoms. The zero-order valence-corrected chi connectivity index (χ0v) is 27.9. The van der Waals surface area contributed by atoms with Gasteiger partial charge in [-0.3, -0.25) is 0 Å². The Morgan fingerprint density at radius 2 is 1.10 bits per heavy atom. The number of hydrogen-bond acceptors (Lipinski definition) is 0. The third-order valence-corrected chi connectivity index (χ3v) is 10.0. The molecule has 8 rings (SSSR count). The highest BCUT2D eigenvalue weighted by Gasteiger charge is 2.26. The zero-order chi connectivity index (χ0) is 33.0. The summed E-state index contributed by atoms with van der Waals surface area (Å²) < 4.78 is 0. The van der Waals surface area contributed by atoms with E-state index in [4.69, 9.17) is 0 Å². The summed E-state index contributed by atoms with van der Waals surface area (Å²) in [5.41, 5.74) is 17.7. The molecule has 0 radical (unpaired) electrons. The van der Waals surface area contributed by atoms with Gasteiger partial charge in [0.25, 0.3) is 0 Å². The summed E-state index contributed by atoms with van der Waals surface area (Å²) in [6, 6.07) is 61.6. The fourth-order valence-corrected chi connectivity index (χ4v) is 7.55. The number of fused-ring (bicyclic) bond motifs is 3. The molecule has 1 aliphatic rings. The molecule has 1 atom stereocenters. The number of rotatable bonds is 5. The Morgan fingerprint density at radius 1 is 0.490 bits per heavy atom. The summed E-state index contributed by atoms with van der Waals surface area (Å²) in [5.74, 6) is 7.44. The molecule has 0 N–H and O–H groups in total. The van der Waals surface area contributed by atoms with Crippen molar-refractivity contribution >= 4 is 0 Å². The first-order valence-electron chi connectivity index (χ1n) is 17.3. The zero-order valence-electron chi connectivity index (χ0n) is 27.9. The molecule has 234 valence electrons. The minimum atomic E-state index is 0.396. The Morgan fingerprint density at radius 3 is 1.88 bits per heavy atom. The van der Waals surface area contributed by atoms with Crippen LogP contribution in [0.5, 0.6) is 0 Å². The van der Waals surface area contributed by atoms with E-state index in [9.17, 15) is 0 Å². The lowest BCUT2D eigenvalue weighted by Crippen LogP contribution is -2.05. The Hall–Kier alpha value is -5.90. The normalized spacial score (nSPS) is 13.4. The van der Waals surface area contributed by atoms with Crippen LogP contribution in [0.25, 0.3) is 44.5 Å². The molecule has 0 aliphatic heterocycles. The quantitative estimate of drug-likeness (QED) is 0.167. The van der Waals surface area contributed by atoms with E-state index in [2.05, 4.69) is 170 Å². The molecular weight excluding hydrogens is 589 g/mol. The van der Waals surface area contributed by atoms with E-state index in [0.717, 1.165) is 30.4 Å². The third kappa shape index (κ3) is 6.25. The van der Waals surface area contributed by atoms with Crippen LogP contribution >= 0.6 is 0 Å². The van der Waals surface area contributed by atoms with Gasteiger partial charge >= 0.3 is 0 Å². The lowest BCUT2D eigenvalue weighted by Gasteiger charge is -2.23. The van der Waals surface area contributed by atoms with Gasteiger partial charge in [0.2, 0.25) is 0 Å². The highest BCUT2D eigenvalue weighted by molar-refractivity contribution is 5.96. The predicted octanol–water partition coefficient (Wildman–Crippen LogP) is 12.3. The first kappa shape index (κ1) is 30.4. The Labute approximate surface area is 290 Å². The number of aryl methyl sites for hydroxylation is 2. The lowest BCUT2D eigenvalue weighted by molar-refractivity contribution is 0.629. The monoisotopic (exact) mass is 626 g/mol. The Balaban J connectivity index is 1.28. The van der Waals surface area contributed by atoms with Gasteiger partial charge in [-0.15, -0.1) is 0 Å². The van der Waals surface area contributed by atoms with Crippen LogP contribution in [0.15, 0.2) is 170 Å². The molecule has 0 heteroatoms. The number of benzene rings is 7. The molecule has 0 nitrogen and oxygen atoms in total. The van der Waals surface area contributed by atoms with Crippen molar-refractivity contribution in [3.8, 4) is 56.3 Å². The summed E-state index contributed by atoms with van der Waals surface area (Å²) in [6.07, 6.45) is 3.18. The van der Waals surface area contributed by atoms with Crippen LogP contribution in [0.2, 0.25) is 0 Å². The summed E-state index contributed by atoms with van der Waals surface area (Å²) >= 11 is 0. The standard InChI is InChI=1S/C49H38/c1-35-14-8-10-21-43(35)48-41(31-26-36-15-4-2-5-16-36)20-12-24-46(48)47-25-13-23-45-42(33-32-40-19-9-11-22-44(40)49(45)47)34-37-27-29-39(30-28-37)38-17-6-3-7-18-38/h2-25,27-30,42H,32-34H2,1H3. The molecule has 0 saturated carbocycles. The second kappa shape index (κ2) is 13.7. The van der Waals surface area contributed by atoms with Crippen LogP contribution in [0.3, 0.4) is 0 Å². The van der Waals surface area contributed by atoms with Crippen LogP contribution < -0.4 is 0 Å². The molecule has 1 aliphatic carbocycles. The molecule has 0 spiro atoms. The second-order valence-electron chi connectivity index (χ2n) is 13.1. The van der Waals surface area contributed by atoms with E-state index in [1.54, 1.807) is 0 Å². The molecule has 0 heterocycles. The van der Waals surface area contributed by atoms with Gasteiger partial charge in [-0.1, -0.05) is 164 Å².